The van der Waals surface area contributed by atoms with Crippen LogP contribution in [-0.4, -0.2) is 29.4 Å². The number of hydrogen-bond acceptors (Lipinski definition) is 3. The zero-order valence-electron chi connectivity index (χ0n) is 14.0. The summed E-state index contributed by atoms with van der Waals surface area (Å²) in [6.07, 6.45) is 1.25. The van der Waals surface area contributed by atoms with Crippen LogP contribution >= 0.6 is 23.2 Å². The van der Waals surface area contributed by atoms with Crippen molar-refractivity contribution < 1.29 is 19.5 Å². The number of hydrogen-bond donors (Lipinski definition) is 3. The lowest BCUT2D eigenvalue weighted by Crippen LogP contribution is -2.35. The highest BCUT2D eigenvalue weighted by atomic mass is 35.5. The van der Waals surface area contributed by atoms with Crippen LogP contribution in [0.2, 0.25) is 10.0 Å². The van der Waals surface area contributed by atoms with E-state index in [9.17, 15) is 14.4 Å². The summed E-state index contributed by atoms with van der Waals surface area (Å²) in [6, 6.07) is 13.3. The van der Waals surface area contributed by atoms with E-state index in [0.29, 0.717) is 10.6 Å². The molecule has 0 saturated carbocycles. The van der Waals surface area contributed by atoms with Crippen LogP contribution in [0.5, 0.6) is 0 Å². The Balaban J connectivity index is 2.23. The SMILES string of the molecule is O=C(O)CCNC(=O)/C(=C/c1ccccc1)NC(=O)c1ccc(Cl)cc1Cl. The molecule has 0 bridgehead atoms. The first-order valence-corrected chi connectivity index (χ1v) is 8.65. The maximum Gasteiger partial charge on any atom is 0.305 e. The lowest BCUT2D eigenvalue weighted by Gasteiger charge is -2.11. The third-order valence-electron chi connectivity index (χ3n) is 3.40. The molecule has 0 aliphatic carbocycles. The Labute approximate surface area is 165 Å². The van der Waals surface area contributed by atoms with E-state index < -0.39 is 17.8 Å². The Morgan fingerprint density at radius 1 is 1.04 bits per heavy atom. The highest BCUT2D eigenvalue weighted by Gasteiger charge is 2.17. The molecular formula is C19H16Cl2N2O4. The van der Waals surface area contributed by atoms with Crippen molar-refractivity contribution in [2.45, 2.75) is 6.42 Å². The summed E-state index contributed by atoms with van der Waals surface area (Å²) in [4.78, 5) is 35.5. The van der Waals surface area contributed by atoms with Gasteiger partial charge in [-0.25, -0.2) is 0 Å². The molecule has 0 unspecified atom stereocenters. The molecule has 0 saturated heterocycles. The van der Waals surface area contributed by atoms with Crippen molar-refractivity contribution in [1.82, 2.24) is 10.6 Å². The van der Waals surface area contributed by atoms with E-state index >= 15 is 0 Å². The number of carboxylic acids is 1. The Bertz CT molecular complexity index is 883. The molecule has 0 radical (unpaired) electrons. The number of benzene rings is 2. The molecule has 2 aromatic carbocycles. The number of carbonyl (C=O) groups is 3. The number of carboxylic acid groups (broad SMARTS) is 1. The van der Waals surface area contributed by atoms with Crippen LogP contribution in [0.15, 0.2) is 54.2 Å². The number of carbonyl (C=O) groups excluding carboxylic acids is 2. The molecule has 3 N–H and O–H groups in total. The largest absolute Gasteiger partial charge is 0.481 e. The van der Waals surface area contributed by atoms with E-state index in [-0.39, 0.29) is 29.2 Å². The van der Waals surface area contributed by atoms with Crippen molar-refractivity contribution in [2.75, 3.05) is 6.54 Å². The van der Waals surface area contributed by atoms with Gasteiger partial charge in [0.2, 0.25) is 0 Å². The van der Waals surface area contributed by atoms with Gasteiger partial charge in [-0.2, -0.15) is 0 Å². The number of halogens is 2. The summed E-state index contributed by atoms with van der Waals surface area (Å²) in [5, 5.41) is 14.2. The summed E-state index contributed by atoms with van der Waals surface area (Å²) in [7, 11) is 0. The lowest BCUT2D eigenvalue weighted by molar-refractivity contribution is -0.136. The fourth-order valence-electron chi connectivity index (χ4n) is 2.12. The molecule has 0 atom stereocenters. The zero-order chi connectivity index (χ0) is 19.8. The smallest absolute Gasteiger partial charge is 0.305 e. The van der Waals surface area contributed by atoms with Gasteiger partial charge in [0, 0.05) is 11.6 Å². The standard InChI is InChI=1S/C19H16Cl2N2O4/c20-13-6-7-14(15(21)11-13)18(26)23-16(10-12-4-2-1-3-5-12)19(27)22-9-8-17(24)25/h1-7,10-11H,8-9H2,(H,22,27)(H,23,26)(H,24,25)/b16-10-. The minimum atomic E-state index is -1.04. The molecule has 0 aliphatic rings. The van der Waals surface area contributed by atoms with Gasteiger partial charge in [-0.15, -0.1) is 0 Å². The molecule has 0 spiro atoms. The topological polar surface area (TPSA) is 95.5 Å². The van der Waals surface area contributed by atoms with Crippen LogP contribution in [0.3, 0.4) is 0 Å². The number of rotatable bonds is 7. The molecule has 2 rings (SSSR count). The van der Waals surface area contributed by atoms with Crippen LogP contribution in [-0.2, 0) is 9.59 Å². The van der Waals surface area contributed by atoms with Gasteiger partial charge >= 0.3 is 5.97 Å². The molecule has 27 heavy (non-hydrogen) atoms. The van der Waals surface area contributed by atoms with Gasteiger partial charge in [0.25, 0.3) is 11.8 Å². The molecule has 0 heterocycles. The van der Waals surface area contributed by atoms with Crippen molar-refractivity contribution >= 4 is 47.1 Å². The van der Waals surface area contributed by atoms with Crippen molar-refractivity contribution in [1.29, 1.82) is 0 Å². The van der Waals surface area contributed by atoms with Crippen LogP contribution in [0.4, 0.5) is 0 Å². The molecule has 140 valence electrons. The van der Waals surface area contributed by atoms with Gasteiger partial charge in [-0.1, -0.05) is 53.5 Å². The summed E-state index contributed by atoms with van der Waals surface area (Å²) in [5.41, 5.74) is 0.796. The van der Waals surface area contributed by atoms with Crippen molar-refractivity contribution in [3.63, 3.8) is 0 Å². The predicted molar refractivity (Wildman–Crippen MR) is 104 cm³/mol. The number of aliphatic carboxylic acids is 1. The van der Waals surface area contributed by atoms with Gasteiger partial charge < -0.3 is 15.7 Å². The summed E-state index contributed by atoms with van der Waals surface area (Å²) in [6.45, 7) is -0.0716. The lowest BCUT2D eigenvalue weighted by atomic mass is 10.1. The number of nitrogens with one attached hydrogen (secondary N) is 2. The first kappa shape index (κ1) is 20.5. The Morgan fingerprint density at radius 2 is 1.74 bits per heavy atom. The van der Waals surface area contributed by atoms with Crippen molar-refractivity contribution in [2.24, 2.45) is 0 Å². The van der Waals surface area contributed by atoms with Gasteiger partial charge in [0.05, 0.1) is 17.0 Å². The van der Waals surface area contributed by atoms with E-state index in [0.717, 1.165) is 0 Å². The van der Waals surface area contributed by atoms with E-state index in [1.165, 1.54) is 24.3 Å². The average molecular weight is 407 g/mol. The van der Waals surface area contributed by atoms with Crippen molar-refractivity contribution in [3.8, 4) is 0 Å². The summed E-state index contributed by atoms with van der Waals surface area (Å²) < 4.78 is 0. The van der Waals surface area contributed by atoms with E-state index in [1.807, 2.05) is 6.07 Å². The second kappa shape index (κ2) is 9.75. The highest BCUT2D eigenvalue weighted by Crippen LogP contribution is 2.21. The molecular weight excluding hydrogens is 391 g/mol. The maximum absolute atomic E-state index is 12.5. The third-order valence-corrected chi connectivity index (χ3v) is 3.95. The van der Waals surface area contributed by atoms with Crippen LogP contribution in [0.25, 0.3) is 6.08 Å². The average Bonchev–Trinajstić information content (AvgIpc) is 2.61. The highest BCUT2D eigenvalue weighted by molar-refractivity contribution is 6.36. The van der Waals surface area contributed by atoms with Crippen LogP contribution in [0.1, 0.15) is 22.3 Å². The van der Waals surface area contributed by atoms with E-state index in [2.05, 4.69) is 10.6 Å². The van der Waals surface area contributed by atoms with Gasteiger partial charge in [-0.05, 0) is 29.8 Å². The fourth-order valence-corrected chi connectivity index (χ4v) is 2.61. The summed E-state index contributed by atoms with van der Waals surface area (Å²) in [5.74, 6) is -2.24. The van der Waals surface area contributed by atoms with E-state index in [4.69, 9.17) is 28.3 Å². The molecule has 2 aromatic rings. The second-order valence-electron chi connectivity index (χ2n) is 5.45. The van der Waals surface area contributed by atoms with E-state index in [1.54, 1.807) is 24.3 Å². The monoisotopic (exact) mass is 406 g/mol. The fraction of sp³-hybridized carbons (Fsp3) is 0.105. The third kappa shape index (κ3) is 6.44. The van der Waals surface area contributed by atoms with Crippen LogP contribution < -0.4 is 10.6 Å². The zero-order valence-corrected chi connectivity index (χ0v) is 15.6. The second-order valence-corrected chi connectivity index (χ2v) is 6.29. The van der Waals surface area contributed by atoms with Crippen LogP contribution in [0, 0.1) is 0 Å². The van der Waals surface area contributed by atoms with Gasteiger partial charge in [-0.3, -0.25) is 14.4 Å². The Morgan fingerprint density at radius 3 is 2.37 bits per heavy atom. The minimum absolute atomic E-state index is 0.0393. The molecule has 2 amide bonds. The number of amides is 2. The molecule has 0 fully saturated rings. The Kier molecular flexibility index (Phi) is 7.40. The molecule has 0 aromatic heterocycles. The predicted octanol–water partition coefficient (Wildman–Crippen LogP) is 3.36. The molecule has 0 aliphatic heterocycles. The molecule has 6 nitrogen and oxygen atoms in total. The minimum Gasteiger partial charge on any atom is -0.481 e. The van der Waals surface area contributed by atoms with Gasteiger partial charge in [0.1, 0.15) is 5.70 Å². The normalized spacial score (nSPS) is 11.0. The first-order valence-electron chi connectivity index (χ1n) is 7.90. The Hall–Kier alpha value is -2.83. The quantitative estimate of drug-likeness (QED) is 0.614. The molecule has 8 heteroatoms. The first-order chi connectivity index (χ1) is 12.9. The van der Waals surface area contributed by atoms with Gasteiger partial charge in [0.15, 0.2) is 0 Å². The maximum atomic E-state index is 12.5. The summed E-state index contributed by atoms with van der Waals surface area (Å²) >= 11 is 11.9. The van der Waals surface area contributed by atoms with Crippen molar-refractivity contribution in [3.05, 3.63) is 75.4 Å².